The number of aliphatic hydroxyl groups excluding tert-OH is 1. The zero-order chi connectivity index (χ0) is 8.20. The molecule has 0 aromatic rings. The summed E-state index contributed by atoms with van der Waals surface area (Å²) in [6.45, 7) is 2.40. The van der Waals surface area contributed by atoms with Crippen LogP contribution >= 0.6 is 0 Å². The van der Waals surface area contributed by atoms with Gasteiger partial charge in [0.2, 0.25) is 0 Å². The molecule has 0 radical (unpaired) electrons. The number of rotatable bonds is 3. The second-order valence-corrected chi connectivity index (χ2v) is 14.4. The Morgan fingerprint density at radius 2 is 1.90 bits per heavy atom. The van der Waals surface area contributed by atoms with Gasteiger partial charge in [0.05, 0.1) is 0 Å². The Kier molecular flexibility index (Phi) is 4.29. The van der Waals surface area contributed by atoms with Gasteiger partial charge in [0, 0.05) is 0 Å². The van der Waals surface area contributed by atoms with Crippen LogP contribution in [-0.4, -0.2) is 25.0 Å². The summed E-state index contributed by atoms with van der Waals surface area (Å²) in [5, 5.41) is 8.61. The van der Waals surface area contributed by atoms with Gasteiger partial charge in [0.15, 0.2) is 0 Å². The normalized spacial score (nSPS) is 13.9. The standard InChI is InChI=1S/C8H18GeO/c1-8(5-6-10)7-9(2,3)4/h7,10H,5-6H2,1-4H3/b8-7+. The van der Waals surface area contributed by atoms with Gasteiger partial charge in [-0.25, -0.2) is 0 Å². The molecule has 0 saturated heterocycles. The zero-order valence-corrected chi connectivity index (χ0v) is 9.54. The van der Waals surface area contributed by atoms with Crippen molar-refractivity contribution in [3.05, 3.63) is 10.5 Å². The second kappa shape index (κ2) is 4.19. The van der Waals surface area contributed by atoms with Gasteiger partial charge in [0.25, 0.3) is 0 Å². The predicted octanol–water partition coefficient (Wildman–Crippen LogP) is 2.19. The van der Waals surface area contributed by atoms with Gasteiger partial charge in [-0.15, -0.1) is 0 Å². The first-order valence-electron chi connectivity index (χ1n) is 3.75. The summed E-state index contributed by atoms with van der Waals surface area (Å²) in [5.41, 5.74) is 1.36. The third kappa shape index (κ3) is 6.36. The van der Waals surface area contributed by atoms with E-state index < -0.39 is 13.3 Å². The van der Waals surface area contributed by atoms with Gasteiger partial charge in [0.1, 0.15) is 0 Å². The van der Waals surface area contributed by atoms with Crippen LogP contribution in [0.15, 0.2) is 10.5 Å². The average molecular weight is 203 g/mol. The predicted molar refractivity (Wildman–Crippen MR) is 48.8 cm³/mol. The van der Waals surface area contributed by atoms with E-state index >= 15 is 0 Å². The van der Waals surface area contributed by atoms with E-state index in [9.17, 15) is 0 Å². The first-order valence-corrected chi connectivity index (χ1v) is 11.3. The minimum atomic E-state index is -1.48. The molecule has 60 valence electrons. The molecule has 0 rings (SSSR count). The molecule has 0 amide bonds. The summed E-state index contributed by atoms with van der Waals surface area (Å²) in [4.78, 5) is 2.39. The molecule has 0 aliphatic heterocycles. The van der Waals surface area contributed by atoms with E-state index in [-0.39, 0.29) is 0 Å². The van der Waals surface area contributed by atoms with E-state index in [2.05, 4.69) is 29.1 Å². The van der Waals surface area contributed by atoms with Crippen LogP contribution in [0.25, 0.3) is 0 Å². The van der Waals surface area contributed by atoms with Crippen LogP contribution in [0.2, 0.25) is 17.3 Å². The Morgan fingerprint density at radius 3 is 2.20 bits per heavy atom. The van der Waals surface area contributed by atoms with E-state index in [1.54, 1.807) is 0 Å². The van der Waals surface area contributed by atoms with Crippen molar-refractivity contribution in [2.45, 2.75) is 30.6 Å². The summed E-state index contributed by atoms with van der Waals surface area (Å²) in [6, 6.07) is 0. The summed E-state index contributed by atoms with van der Waals surface area (Å²) in [6.07, 6.45) is 0.850. The molecule has 0 aromatic carbocycles. The Hall–Kier alpha value is 0.243. The maximum absolute atomic E-state index is 8.61. The van der Waals surface area contributed by atoms with Crippen molar-refractivity contribution in [1.29, 1.82) is 0 Å². The molecular weight excluding hydrogens is 185 g/mol. The van der Waals surface area contributed by atoms with Crippen molar-refractivity contribution in [3.63, 3.8) is 0 Å². The molecule has 0 aliphatic carbocycles. The number of hydrogen-bond donors (Lipinski definition) is 1. The Balaban J connectivity index is 3.90. The fraction of sp³-hybridized carbons (Fsp3) is 0.750. The third-order valence-corrected chi connectivity index (χ3v) is 4.04. The Bertz CT molecular complexity index is 122. The molecule has 0 fully saturated rings. The molecule has 0 spiro atoms. The van der Waals surface area contributed by atoms with E-state index in [1.165, 1.54) is 5.57 Å². The molecule has 0 bridgehead atoms. The molecule has 0 aliphatic rings. The van der Waals surface area contributed by atoms with Crippen LogP contribution in [-0.2, 0) is 0 Å². The summed E-state index contributed by atoms with van der Waals surface area (Å²) >= 11 is -1.48. The van der Waals surface area contributed by atoms with E-state index in [0.29, 0.717) is 6.61 Å². The van der Waals surface area contributed by atoms with Crippen LogP contribution < -0.4 is 0 Å². The van der Waals surface area contributed by atoms with Crippen molar-refractivity contribution in [2.24, 2.45) is 0 Å². The monoisotopic (exact) mass is 204 g/mol. The first kappa shape index (κ1) is 10.2. The van der Waals surface area contributed by atoms with Gasteiger partial charge in [-0.05, 0) is 0 Å². The van der Waals surface area contributed by atoms with Gasteiger partial charge in [-0.3, -0.25) is 0 Å². The van der Waals surface area contributed by atoms with Crippen LogP contribution in [0.5, 0.6) is 0 Å². The molecule has 0 atom stereocenters. The van der Waals surface area contributed by atoms with Crippen molar-refractivity contribution >= 4 is 13.3 Å². The molecule has 1 N–H and O–H groups in total. The molecule has 0 unspecified atom stereocenters. The second-order valence-electron chi connectivity index (χ2n) is 3.83. The molecule has 2 heteroatoms. The quantitative estimate of drug-likeness (QED) is 0.696. The van der Waals surface area contributed by atoms with Crippen LogP contribution in [0.1, 0.15) is 13.3 Å². The van der Waals surface area contributed by atoms with E-state index in [4.69, 9.17) is 5.11 Å². The Labute approximate surface area is 66.5 Å². The number of aliphatic hydroxyl groups is 1. The van der Waals surface area contributed by atoms with Gasteiger partial charge in [-0.1, -0.05) is 0 Å². The van der Waals surface area contributed by atoms with E-state index in [0.717, 1.165) is 6.42 Å². The van der Waals surface area contributed by atoms with E-state index in [1.807, 2.05) is 0 Å². The third-order valence-electron chi connectivity index (χ3n) is 1.19. The Morgan fingerprint density at radius 1 is 1.40 bits per heavy atom. The van der Waals surface area contributed by atoms with Gasteiger partial charge < -0.3 is 0 Å². The molecule has 1 nitrogen and oxygen atoms in total. The minimum absolute atomic E-state index is 0.292. The number of hydrogen-bond acceptors (Lipinski definition) is 1. The van der Waals surface area contributed by atoms with Crippen molar-refractivity contribution < 1.29 is 5.11 Å². The van der Waals surface area contributed by atoms with Crippen LogP contribution in [0, 0.1) is 0 Å². The average Bonchev–Trinajstić information content (AvgIpc) is 1.59. The topological polar surface area (TPSA) is 20.2 Å². The molecular formula is C8H18GeO. The fourth-order valence-electron chi connectivity index (χ4n) is 0.988. The SMILES string of the molecule is C/C(=[CH]\[Ge]([CH3])([CH3])[CH3])CCO. The van der Waals surface area contributed by atoms with Crippen molar-refractivity contribution in [2.75, 3.05) is 6.61 Å². The first-order chi connectivity index (χ1) is 4.45. The molecule has 10 heavy (non-hydrogen) atoms. The van der Waals surface area contributed by atoms with Crippen LogP contribution in [0.3, 0.4) is 0 Å². The molecule has 0 aromatic heterocycles. The summed E-state index contributed by atoms with van der Waals surface area (Å²) < 4.78 is 0. The molecule has 0 saturated carbocycles. The van der Waals surface area contributed by atoms with Gasteiger partial charge >= 0.3 is 66.1 Å². The van der Waals surface area contributed by atoms with Crippen molar-refractivity contribution in [3.8, 4) is 0 Å². The summed E-state index contributed by atoms with van der Waals surface area (Å²) in [5.74, 6) is 7.04. The fourth-order valence-corrected chi connectivity index (χ4v) is 4.39. The molecule has 0 heterocycles. The van der Waals surface area contributed by atoms with Crippen molar-refractivity contribution in [1.82, 2.24) is 0 Å². The van der Waals surface area contributed by atoms with Crippen LogP contribution in [0.4, 0.5) is 0 Å². The van der Waals surface area contributed by atoms with Gasteiger partial charge in [-0.2, -0.15) is 0 Å². The summed E-state index contributed by atoms with van der Waals surface area (Å²) in [7, 11) is 0. The zero-order valence-electron chi connectivity index (χ0n) is 7.44. The maximum atomic E-state index is 8.61.